The van der Waals surface area contributed by atoms with Crippen molar-refractivity contribution in [3.8, 4) is 0 Å². The van der Waals surface area contributed by atoms with Crippen molar-refractivity contribution in [1.29, 1.82) is 0 Å². The van der Waals surface area contributed by atoms with Gasteiger partial charge in [0, 0.05) is 14.2 Å². The van der Waals surface area contributed by atoms with Gasteiger partial charge in [0.05, 0.1) is 64.0 Å². The zero-order valence-corrected chi connectivity index (χ0v) is 17.2. The summed E-state index contributed by atoms with van der Waals surface area (Å²) in [6.45, 7) is 0.966. The lowest BCUT2D eigenvalue weighted by atomic mass is 9.77. The number of methoxy groups -OCH3 is 2. The second-order valence-electron chi connectivity index (χ2n) is 6.12. The van der Waals surface area contributed by atoms with Crippen molar-refractivity contribution in [2.75, 3.05) is 67.1 Å². The summed E-state index contributed by atoms with van der Waals surface area (Å²) in [6.07, 6.45) is -9.96. The van der Waals surface area contributed by atoms with Gasteiger partial charge in [0.25, 0.3) is 0 Å². The van der Waals surface area contributed by atoms with Crippen LogP contribution in [0.15, 0.2) is 18.2 Å². The molecule has 0 saturated heterocycles. The molecule has 0 aliphatic rings. The molecule has 31 heavy (non-hydrogen) atoms. The Morgan fingerprint density at radius 3 is 1.35 bits per heavy atom. The number of halogens is 6. The van der Waals surface area contributed by atoms with Crippen LogP contribution in [0.4, 0.5) is 26.3 Å². The van der Waals surface area contributed by atoms with Crippen LogP contribution in [0.25, 0.3) is 0 Å². The van der Waals surface area contributed by atoms with Crippen LogP contribution in [0.1, 0.15) is 11.1 Å². The smallest absolute Gasteiger partial charge is 0.405 e. The molecule has 0 aromatic heterocycles. The molecule has 0 amide bonds. The molecule has 13 heteroatoms. The van der Waals surface area contributed by atoms with E-state index in [0.29, 0.717) is 25.3 Å². The van der Waals surface area contributed by atoms with E-state index >= 15 is 0 Å². The van der Waals surface area contributed by atoms with E-state index in [9.17, 15) is 26.3 Å². The fourth-order valence-corrected chi connectivity index (χ4v) is 2.27. The fourth-order valence-electron chi connectivity index (χ4n) is 2.27. The van der Waals surface area contributed by atoms with Crippen molar-refractivity contribution in [3.63, 3.8) is 0 Å². The first-order valence-corrected chi connectivity index (χ1v) is 9.25. The molecule has 1 aromatic rings. The average molecular weight is 462 g/mol. The first kappa shape index (κ1) is 27.7. The van der Waals surface area contributed by atoms with Gasteiger partial charge in [-0.3, -0.25) is 0 Å². The minimum atomic E-state index is -4.98. The highest BCUT2D eigenvalue weighted by molar-refractivity contribution is 6.61. The van der Waals surface area contributed by atoms with E-state index in [-0.39, 0.29) is 45.7 Å². The summed E-state index contributed by atoms with van der Waals surface area (Å²) in [6, 6.07) is 1.18. The standard InChI is InChI=1S/C18H25BF6O6/c1-26-3-5-28-7-9-30-19(31-10-8-29-6-4-27-2)16-12-14(17(20,21)22)11-15(13-16)18(23,24)25/h11-13H,3-10H2,1-2H3. The summed E-state index contributed by atoms with van der Waals surface area (Å²) in [4.78, 5) is 0. The molecule has 0 radical (unpaired) electrons. The zero-order chi connectivity index (χ0) is 23.3. The molecule has 0 bridgehead atoms. The number of hydrogen-bond acceptors (Lipinski definition) is 6. The Balaban J connectivity index is 2.94. The van der Waals surface area contributed by atoms with Crippen LogP contribution in [0.3, 0.4) is 0 Å². The highest BCUT2D eigenvalue weighted by Gasteiger charge is 2.38. The van der Waals surface area contributed by atoms with Gasteiger partial charge >= 0.3 is 19.5 Å². The minimum absolute atomic E-state index is 0.0403. The van der Waals surface area contributed by atoms with E-state index in [1.165, 1.54) is 14.2 Å². The van der Waals surface area contributed by atoms with Crippen molar-refractivity contribution < 1.29 is 54.6 Å². The maximum Gasteiger partial charge on any atom is 0.494 e. The summed E-state index contributed by atoms with van der Waals surface area (Å²) < 4.78 is 110. The van der Waals surface area contributed by atoms with Crippen LogP contribution >= 0.6 is 0 Å². The van der Waals surface area contributed by atoms with Crippen molar-refractivity contribution >= 4 is 12.6 Å². The molecular weight excluding hydrogens is 437 g/mol. The molecule has 0 unspecified atom stereocenters. The van der Waals surface area contributed by atoms with Gasteiger partial charge in [-0.2, -0.15) is 26.3 Å². The third kappa shape index (κ3) is 11.2. The van der Waals surface area contributed by atoms with Gasteiger partial charge in [0.2, 0.25) is 0 Å². The van der Waals surface area contributed by atoms with Crippen molar-refractivity contribution in [1.82, 2.24) is 0 Å². The van der Waals surface area contributed by atoms with E-state index in [1.807, 2.05) is 0 Å². The second-order valence-corrected chi connectivity index (χ2v) is 6.12. The van der Waals surface area contributed by atoms with Gasteiger partial charge in [0.15, 0.2) is 0 Å². The van der Waals surface area contributed by atoms with Crippen molar-refractivity contribution in [2.24, 2.45) is 0 Å². The summed E-state index contributed by atoms with van der Waals surface area (Å²) in [5.74, 6) is 0. The summed E-state index contributed by atoms with van der Waals surface area (Å²) >= 11 is 0. The van der Waals surface area contributed by atoms with Gasteiger partial charge in [-0.05, 0) is 11.5 Å². The largest absolute Gasteiger partial charge is 0.494 e. The lowest BCUT2D eigenvalue weighted by Gasteiger charge is -2.19. The van der Waals surface area contributed by atoms with Crippen LogP contribution < -0.4 is 5.46 Å². The average Bonchev–Trinajstić information content (AvgIpc) is 2.69. The van der Waals surface area contributed by atoms with Crippen LogP contribution in [0, 0.1) is 0 Å². The van der Waals surface area contributed by atoms with Crippen molar-refractivity contribution in [3.05, 3.63) is 29.3 Å². The molecule has 0 aliphatic heterocycles. The number of rotatable bonds is 15. The first-order chi connectivity index (χ1) is 14.6. The maximum absolute atomic E-state index is 13.1. The highest BCUT2D eigenvalue weighted by atomic mass is 19.4. The van der Waals surface area contributed by atoms with Crippen LogP contribution in [0.2, 0.25) is 0 Å². The van der Waals surface area contributed by atoms with E-state index < -0.39 is 36.1 Å². The monoisotopic (exact) mass is 462 g/mol. The third-order valence-corrected chi connectivity index (χ3v) is 3.74. The van der Waals surface area contributed by atoms with E-state index in [4.69, 9.17) is 28.3 Å². The molecule has 0 atom stereocenters. The van der Waals surface area contributed by atoms with Gasteiger partial charge < -0.3 is 28.3 Å². The molecule has 178 valence electrons. The number of alkyl halides is 6. The minimum Gasteiger partial charge on any atom is -0.405 e. The van der Waals surface area contributed by atoms with Crippen molar-refractivity contribution in [2.45, 2.75) is 12.4 Å². The molecule has 0 N–H and O–H groups in total. The number of hydrogen-bond donors (Lipinski definition) is 0. The Labute approximate surface area is 176 Å². The Morgan fingerprint density at radius 2 is 1.00 bits per heavy atom. The lowest BCUT2D eigenvalue weighted by molar-refractivity contribution is -0.143. The molecule has 6 nitrogen and oxygen atoms in total. The highest BCUT2D eigenvalue weighted by Crippen LogP contribution is 2.34. The molecule has 1 rings (SSSR count). The van der Waals surface area contributed by atoms with E-state index in [0.717, 1.165) is 0 Å². The normalized spacial score (nSPS) is 12.4. The summed E-state index contributed by atoms with van der Waals surface area (Å²) in [5, 5.41) is 0. The van der Waals surface area contributed by atoms with E-state index in [1.54, 1.807) is 0 Å². The first-order valence-electron chi connectivity index (χ1n) is 9.25. The van der Waals surface area contributed by atoms with Crippen LogP contribution in [-0.4, -0.2) is 74.2 Å². The zero-order valence-electron chi connectivity index (χ0n) is 17.2. The SMILES string of the molecule is COCCOCCOB(OCCOCCOC)c1cc(C(F)(F)F)cc(C(F)(F)F)c1. The molecule has 0 saturated carbocycles. The Kier molecular flexibility index (Phi) is 12.4. The molecule has 0 aliphatic carbocycles. The Hall–Kier alpha value is -1.38. The summed E-state index contributed by atoms with van der Waals surface area (Å²) in [5.41, 5.74) is -3.33. The quantitative estimate of drug-likeness (QED) is 0.227. The van der Waals surface area contributed by atoms with Gasteiger partial charge in [-0.15, -0.1) is 0 Å². The fraction of sp³-hybridized carbons (Fsp3) is 0.667. The molecule has 0 fully saturated rings. The van der Waals surface area contributed by atoms with E-state index in [2.05, 4.69) is 0 Å². The molecule has 0 spiro atoms. The lowest BCUT2D eigenvalue weighted by Crippen LogP contribution is -2.40. The third-order valence-electron chi connectivity index (χ3n) is 3.74. The van der Waals surface area contributed by atoms with Gasteiger partial charge in [-0.1, -0.05) is 12.1 Å². The predicted octanol–water partition coefficient (Wildman–Crippen LogP) is 2.78. The number of ether oxygens (including phenoxy) is 4. The molecular formula is C18H25BF6O6. The van der Waals surface area contributed by atoms with Gasteiger partial charge in [0.1, 0.15) is 0 Å². The Morgan fingerprint density at radius 1 is 0.613 bits per heavy atom. The summed E-state index contributed by atoms with van der Waals surface area (Å²) in [7, 11) is 1.47. The topological polar surface area (TPSA) is 55.4 Å². The molecule has 1 aromatic carbocycles. The van der Waals surface area contributed by atoms with Crippen LogP contribution in [-0.2, 0) is 40.6 Å². The Bertz CT molecular complexity index is 580. The maximum atomic E-state index is 13.1. The van der Waals surface area contributed by atoms with Crippen LogP contribution in [0.5, 0.6) is 0 Å². The molecule has 0 heterocycles. The predicted molar refractivity (Wildman–Crippen MR) is 99.1 cm³/mol. The second kappa shape index (κ2) is 13.9. The van der Waals surface area contributed by atoms with Gasteiger partial charge in [-0.25, -0.2) is 0 Å². The number of benzene rings is 1.